The van der Waals surface area contributed by atoms with Crippen molar-refractivity contribution in [2.24, 2.45) is 11.1 Å². The first kappa shape index (κ1) is 16.1. The van der Waals surface area contributed by atoms with Crippen molar-refractivity contribution >= 4 is 27.6 Å². The zero-order valence-corrected chi connectivity index (χ0v) is 11.7. The molecule has 0 unspecified atom stereocenters. The van der Waals surface area contributed by atoms with Gasteiger partial charge in [0.25, 0.3) is 0 Å². The van der Waals surface area contributed by atoms with E-state index in [9.17, 15) is 18.0 Å². The van der Waals surface area contributed by atoms with E-state index in [-0.39, 0.29) is 29.6 Å². The van der Waals surface area contributed by atoms with Crippen LogP contribution >= 0.6 is 0 Å². The molecule has 0 aliphatic carbocycles. The molecule has 0 spiro atoms. The number of nitrogens with two attached hydrogens (primary N) is 1. The number of sulfonamides is 1. The number of anilines is 1. The molecule has 0 saturated carbocycles. The highest BCUT2D eigenvalue weighted by Gasteiger charge is 2.13. The van der Waals surface area contributed by atoms with Crippen LogP contribution in [0.1, 0.15) is 19.8 Å². The summed E-state index contributed by atoms with van der Waals surface area (Å²) in [4.78, 5) is 22.1. The number of hydrogen-bond acceptors (Lipinski definition) is 4. The monoisotopic (exact) mass is 300 g/mol. The van der Waals surface area contributed by atoms with E-state index >= 15 is 0 Å². The molecule has 0 aliphatic heterocycles. The number of carboxylic acids is 1. The summed E-state index contributed by atoms with van der Waals surface area (Å²) < 4.78 is 22.1. The molecule has 7 nitrogen and oxygen atoms in total. The van der Waals surface area contributed by atoms with Gasteiger partial charge in [0.15, 0.2) is 0 Å². The average Bonchev–Trinajstić information content (AvgIpc) is 2.26. The van der Waals surface area contributed by atoms with Crippen LogP contribution in [0, 0.1) is 5.92 Å². The van der Waals surface area contributed by atoms with E-state index in [1.807, 2.05) is 0 Å². The first-order valence-corrected chi connectivity index (χ1v) is 7.37. The lowest BCUT2D eigenvalue weighted by Crippen LogP contribution is -2.17. The molecule has 1 aromatic rings. The van der Waals surface area contributed by atoms with Gasteiger partial charge in [0.05, 0.1) is 4.90 Å². The lowest BCUT2D eigenvalue weighted by Gasteiger charge is -2.09. The van der Waals surface area contributed by atoms with Crippen molar-refractivity contribution in [2.75, 3.05) is 5.32 Å². The lowest BCUT2D eigenvalue weighted by atomic mass is 10.0. The number of nitrogens with one attached hydrogen (secondary N) is 1. The highest BCUT2D eigenvalue weighted by molar-refractivity contribution is 7.89. The van der Waals surface area contributed by atoms with Crippen LogP contribution in [-0.4, -0.2) is 25.4 Å². The van der Waals surface area contributed by atoms with Crippen LogP contribution in [0.4, 0.5) is 5.69 Å². The summed E-state index contributed by atoms with van der Waals surface area (Å²) in [6.07, 6.45) is -0.0129. The third-order valence-corrected chi connectivity index (χ3v) is 3.45. The second-order valence-corrected chi connectivity index (χ2v) is 6.09. The normalized spacial score (nSPS) is 12.7. The summed E-state index contributed by atoms with van der Waals surface area (Å²) in [5, 5.41) is 16.1. The quantitative estimate of drug-likeness (QED) is 0.715. The molecule has 4 N–H and O–H groups in total. The Balaban J connectivity index is 2.61. The average molecular weight is 300 g/mol. The van der Waals surface area contributed by atoms with E-state index in [0.29, 0.717) is 5.69 Å². The third-order valence-electron chi connectivity index (χ3n) is 2.52. The molecule has 0 bridgehead atoms. The van der Waals surface area contributed by atoms with Crippen molar-refractivity contribution < 1.29 is 23.1 Å². The summed E-state index contributed by atoms with van der Waals surface area (Å²) in [6, 6.07) is 5.40. The molecule has 0 fully saturated rings. The number of carboxylic acid groups (broad SMARTS) is 1. The van der Waals surface area contributed by atoms with Gasteiger partial charge in [-0.3, -0.25) is 9.59 Å². The molecule has 110 valence electrons. The van der Waals surface area contributed by atoms with Gasteiger partial charge in [0.2, 0.25) is 15.9 Å². The van der Waals surface area contributed by atoms with Gasteiger partial charge in [-0.2, -0.15) is 0 Å². The Labute approximate surface area is 116 Å². The van der Waals surface area contributed by atoms with Crippen LogP contribution in [0.2, 0.25) is 0 Å². The van der Waals surface area contributed by atoms with Crippen molar-refractivity contribution in [3.8, 4) is 0 Å². The summed E-state index contributed by atoms with van der Waals surface area (Å²) in [7, 11) is -3.76. The third kappa shape index (κ3) is 5.37. The molecule has 0 heterocycles. The first-order chi connectivity index (χ1) is 9.18. The van der Waals surface area contributed by atoms with E-state index < -0.39 is 16.0 Å². The number of rotatable bonds is 6. The van der Waals surface area contributed by atoms with Crippen molar-refractivity contribution in [1.82, 2.24) is 0 Å². The second-order valence-electron chi connectivity index (χ2n) is 4.52. The topological polar surface area (TPSA) is 127 Å². The predicted molar refractivity (Wildman–Crippen MR) is 72.5 cm³/mol. The van der Waals surface area contributed by atoms with Gasteiger partial charge in [-0.15, -0.1) is 0 Å². The van der Waals surface area contributed by atoms with Crippen molar-refractivity contribution in [1.29, 1.82) is 0 Å². The van der Waals surface area contributed by atoms with E-state index in [4.69, 9.17) is 10.2 Å². The molecule has 8 heteroatoms. The zero-order chi connectivity index (χ0) is 15.3. The summed E-state index contributed by atoms with van der Waals surface area (Å²) in [6.45, 7) is 1.66. The predicted octanol–water partition coefficient (Wildman–Crippen LogP) is 0.773. The van der Waals surface area contributed by atoms with E-state index in [1.54, 1.807) is 6.92 Å². The van der Waals surface area contributed by atoms with Crippen molar-refractivity contribution in [2.45, 2.75) is 24.7 Å². The summed E-state index contributed by atoms with van der Waals surface area (Å²) in [5.41, 5.74) is 0.421. The maximum Gasteiger partial charge on any atom is 0.303 e. The Morgan fingerprint density at radius 3 is 2.25 bits per heavy atom. The van der Waals surface area contributed by atoms with Gasteiger partial charge >= 0.3 is 5.97 Å². The minimum Gasteiger partial charge on any atom is -0.481 e. The first-order valence-electron chi connectivity index (χ1n) is 5.83. The lowest BCUT2D eigenvalue weighted by molar-refractivity contribution is -0.138. The van der Waals surface area contributed by atoms with Gasteiger partial charge < -0.3 is 10.4 Å². The van der Waals surface area contributed by atoms with E-state index in [1.165, 1.54) is 24.3 Å². The van der Waals surface area contributed by atoms with E-state index in [2.05, 4.69) is 5.32 Å². The Hall–Kier alpha value is -1.93. The maximum absolute atomic E-state index is 11.6. The molecule has 1 rings (SSSR count). The van der Waals surface area contributed by atoms with Crippen LogP contribution in [0.5, 0.6) is 0 Å². The molecule has 1 aromatic carbocycles. The van der Waals surface area contributed by atoms with Gasteiger partial charge in [-0.25, -0.2) is 13.6 Å². The highest BCUT2D eigenvalue weighted by atomic mass is 32.2. The molecule has 0 radical (unpaired) electrons. The molecule has 1 atom stereocenters. The number of benzene rings is 1. The van der Waals surface area contributed by atoms with Crippen LogP contribution < -0.4 is 10.5 Å². The van der Waals surface area contributed by atoms with E-state index in [0.717, 1.165) is 0 Å². The van der Waals surface area contributed by atoms with Gasteiger partial charge in [0.1, 0.15) is 0 Å². The highest BCUT2D eigenvalue weighted by Crippen LogP contribution is 2.14. The number of amides is 1. The number of carbonyl (C=O) groups is 2. The summed E-state index contributed by atoms with van der Waals surface area (Å²) in [5.74, 6) is -1.57. The Morgan fingerprint density at radius 1 is 1.25 bits per heavy atom. The maximum atomic E-state index is 11.6. The molecular weight excluding hydrogens is 284 g/mol. The minimum absolute atomic E-state index is 0.0465. The Kier molecular flexibility index (Phi) is 5.23. The molecule has 0 aromatic heterocycles. The van der Waals surface area contributed by atoms with Crippen LogP contribution in [0.25, 0.3) is 0 Å². The van der Waals surface area contributed by atoms with Gasteiger partial charge in [0, 0.05) is 18.5 Å². The van der Waals surface area contributed by atoms with Gasteiger partial charge in [-0.1, -0.05) is 6.92 Å². The molecule has 0 saturated heterocycles. The van der Waals surface area contributed by atoms with Crippen LogP contribution in [-0.2, 0) is 19.6 Å². The standard InChI is InChI=1S/C12H16N2O5S/c1-8(7-12(16)17)6-11(15)14-9-2-4-10(5-3-9)20(13,18)19/h2-5,8H,6-7H2,1H3,(H,14,15)(H,16,17)(H2,13,18,19)/t8-/m0/s1. The summed E-state index contributed by atoms with van der Waals surface area (Å²) >= 11 is 0. The molecular formula is C12H16N2O5S. The number of aliphatic carboxylic acids is 1. The number of hydrogen-bond donors (Lipinski definition) is 3. The van der Waals surface area contributed by atoms with Crippen LogP contribution in [0.3, 0.4) is 0 Å². The zero-order valence-electron chi connectivity index (χ0n) is 10.9. The smallest absolute Gasteiger partial charge is 0.303 e. The number of primary sulfonamides is 1. The Morgan fingerprint density at radius 2 is 1.80 bits per heavy atom. The van der Waals surface area contributed by atoms with Gasteiger partial charge in [-0.05, 0) is 30.2 Å². The molecule has 20 heavy (non-hydrogen) atoms. The largest absolute Gasteiger partial charge is 0.481 e. The molecule has 1 amide bonds. The fourth-order valence-electron chi connectivity index (χ4n) is 1.63. The minimum atomic E-state index is -3.76. The second kappa shape index (κ2) is 6.49. The SMILES string of the molecule is C[C@H](CC(=O)O)CC(=O)Nc1ccc(S(N)(=O)=O)cc1. The van der Waals surface area contributed by atoms with Crippen molar-refractivity contribution in [3.05, 3.63) is 24.3 Å². The molecule has 0 aliphatic rings. The fourth-order valence-corrected chi connectivity index (χ4v) is 2.14. The van der Waals surface area contributed by atoms with Crippen LogP contribution in [0.15, 0.2) is 29.2 Å². The number of carbonyl (C=O) groups excluding carboxylic acids is 1. The Bertz CT molecular complexity index is 595. The van der Waals surface area contributed by atoms with Crippen molar-refractivity contribution in [3.63, 3.8) is 0 Å². The fraction of sp³-hybridized carbons (Fsp3) is 0.333.